The Hall–Kier alpha value is -0.540. The molecular formula is C15H20BrNO. The van der Waals surface area contributed by atoms with Gasteiger partial charge in [0.15, 0.2) is 0 Å². The maximum atomic E-state index is 5.88. The van der Waals surface area contributed by atoms with Crippen LogP contribution in [0.15, 0.2) is 22.7 Å². The lowest BCUT2D eigenvalue weighted by Gasteiger charge is -2.24. The number of rotatable bonds is 4. The van der Waals surface area contributed by atoms with Crippen molar-refractivity contribution < 1.29 is 4.74 Å². The minimum absolute atomic E-state index is 0.500. The second-order valence-electron chi connectivity index (χ2n) is 5.48. The Bertz CT molecular complexity index is 411. The van der Waals surface area contributed by atoms with Gasteiger partial charge >= 0.3 is 0 Å². The third kappa shape index (κ3) is 3.27. The molecule has 3 rings (SSSR count). The van der Waals surface area contributed by atoms with Gasteiger partial charge in [0.2, 0.25) is 0 Å². The molecule has 1 unspecified atom stereocenters. The van der Waals surface area contributed by atoms with Gasteiger partial charge in [0.1, 0.15) is 5.75 Å². The van der Waals surface area contributed by atoms with Crippen LogP contribution >= 0.6 is 15.9 Å². The van der Waals surface area contributed by atoms with Crippen molar-refractivity contribution in [2.75, 3.05) is 13.2 Å². The van der Waals surface area contributed by atoms with Crippen LogP contribution in [0, 0.1) is 5.92 Å². The van der Waals surface area contributed by atoms with E-state index in [0.29, 0.717) is 6.04 Å². The fourth-order valence-electron chi connectivity index (χ4n) is 2.50. The Kier molecular flexibility index (Phi) is 3.90. The third-order valence-electron chi connectivity index (χ3n) is 3.79. The van der Waals surface area contributed by atoms with Gasteiger partial charge in [-0.05, 0) is 61.9 Å². The molecule has 1 aromatic carbocycles. The molecule has 0 spiro atoms. The normalized spacial score (nSPS) is 23.9. The van der Waals surface area contributed by atoms with Crippen LogP contribution in [-0.2, 0) is 0 Å². The lowest BCUT2D eigenvalue weighted by Crippen LogP contribution is -2.26. The zero-order valence-electron chi connectivity index (χ0n) is 10.6. The summed E-state index contributed by atoms with van der Waals surface area (Å²) in [5.74, 6) is 1.82. The molecule has 2 fully saturated rings. The van der Waals surface area contributed by atoms with Crippen LogP contribution < -0.4 is 10.1 Å². The van der Waals surface area contributed by atoms with Crippen molar-refractivity contribution in [3.05, 3.63) is 28.2 Å². The van der Waals surface area contributed by atoms with Crippen LogP contribution in [0.25, 0.3) is 0 Å². The molecule has 0 aromatic heterocycles. The average Bonchev–Trinajstić information content (AvgIpc) is 3.21. The van der Waals surface area contributed by atoms with Crippen molar-refractivity contribution >= 4 is 15.9 Å². The van der Waals surface area contributed by atoms with Crippen molar-refractivity contribution in [3.63, 3.8) is 0 Å². The van der Waals surface area contributed by atoms with E-state index in [9.17, 15) is 0 Å². The number of piperidine rings is 1. The number of nitrogens with one attached hydrogen (secondary N) is 1. The molecule has 18 heavy (non-hydrogen) atoms. The summed E-state index contributed by atoms with van der Waals surface area (Å²) < 4.78 is 7.01. The van der Waals surface area contributed by atoms with Crippen LogP contribution in [0.4, 0.5) is 0 Å². The quantitative estimate of drug-likeness (QED) is 0.906. The van der Waals surface area contributed by atoms with Crippen LogP contribution in [0.3, 0.4) is 0 Å². The molecule has 1 atom stereocenters. The van der Waals surface area contributed by atoms with E-state index >= 15 is 0 Å². The highest BCUT2D eigenvalue weighted by Crippen LogP contribution is 2.32. The molecule has 1 aromatic rings. The topological polar surface area (TPSA) is 21.3 Å². The molecule has 2 aliphatic rings. The number of halogens is 1. The first-order chi connectivity index (χ1) is 8.81. The van der Waals surface area contributed by atoms with E-state index in [1.165, 1.54) is 37.7 Å². The first kappa shape index (κ1) is 12.5. The molecule has 0 amide bonds. The summed E-state index contributed by atoms with van der Waals surface area (Å²) in [6, 6.07) is 7.00. The zero-order valence-corrected chi connectivity index (χ0v) is 12.2. The summed E-state index contributed by atoms with van der Waals surface area (Å²) in [5, 5.41) is 3.59. The van der Waals surface area contributed by atoms with E-state index in [1.54, 1.807) is 0 Å². The summed E-state index contributed by atoms with van der Waals surface area (Å²) >= 11 is 3.59. The predicted octanol–water partition coefficient (Wildman–Crippen LogP) is 4.05. The summed E-state index contributed by atoms with van der Waals surface area (Å²) in [5.41, 5.74) is 1.36. The molecule has 1 aliphatic carbocycles. The number of hydrogen-bond donors (Lipinski definition) is 1. The van der Waals surface area contributed by atoms with Gasteiger partial charge in [-0.2, -0.15) is 0 Å². The van der Waals surface area contributed by atoms with Gasteiger partial charge in [0, 0.05) is 10.5 Å². The fraction of sp³-hybridized carbons (Fsp3) is 0.600. The van der Waals surface area contributed by atoms with Gasteiger partial charge in [0.05, 0.1) is 6.61 Å². The van der Waals surface area contributed by atoms with Crippen LogP contribution in [0.5, 0.6) is 5.75 Å². The molecule has 0 radical (unpaired) electrons. The Morgan fingerprint density at radius 1 is 1.17 bits per heavy atom. The first-order valence-corrected chi connectivity index (χ1v) is 7.77. The van der Waals surface area contributed by atoms with Crippen molar-refractivity contribution in [1.29, 1.82) is 0 Å². The second-order valence-corrected chi connectivity index (χ2v) is 6.39. The van der Waals surface area contributed by atoms with Crippen molar-refractivity contribution in [3.8, 4) is 5.75 Å². The monoisotopic (exact) mass is 309 g/mol. The van der Waals surface area contributed by atoms with Crippen molar-refractivity contribution in [2.45, 2.75) is 38.1 Å². The lowest BCUT2D eigenvalue weighted by atomic mass is 9.97. The highest BCUT2D eigenvalue weighted by molar-refractivity contribution is 9.10. The first-order valence-electron chi connectivity index (χ1n) is 6.98. The predicted molar refractivity (Wildman–Crippen MR) is 77.0 cm³/mol. The molecule has 1 saturated heterocycles. The summed E-state index contributed by atoms with van der Waals surface area (Å²) in [4.78, 5) is 0. The molecule has 98 valence electrons. The minimum atomic E-state index is 0.500. The second kappa shape index (κ2) is 5.62. The van der Waals surface area contributed by atoms with E-state index in [2.05, 4.69) is 39.4 Å². The maximum absolute atomic E-state index is 5.88. The van der Waals surface area contributed by atoms with Crippen LogP contribution in [0.1, 0.15) is 43.7 Å². The Morgan fingerprint density at radius 2 is 2.06 bits per heavy atom. The van der Waals surface area contributed by atoms with Gasteiger partial charge in [-0.3, -0.25) is 0 Å². The van der Waals surface area contributed by atoms with Gasteiger partial charge in [0.25, 0.3) is 0 Å². The van der Waals surface area contributed by atoms with Gasteiger partial charge in [-0.25, -0.2) is 0 Å². The van der Waals surface area contributed by atoms with Crippen molar-refractivity contribution in [1.82, 2.24) is 5.32 Å². The number of benzene rings is 1. The number of hydrogen-bond acceptors (Lipinski definition) is 2. The minimum Gasteiger partial charge on any atom is -0.493 e. The largest absolute Gasteiger partial charge is 0.493 e. The fourth-order valence-corrected chi connectivity index (χ4v) is 2.99. The molecule has 1 saturated carbocycles. The van der Waals surface area contributed by atoms with Gasteiger partial charge in [-0.1, -0.05) is 22.4 Å². The molecule has 1 aliphatic heterocycles. The van der Waals surface area contributed by atoms with Crippen molar-refractivity contribution in [2.24, 2.45) is 5.92 Å². The summed E-state index contributed by atoms with van der Waals surface area (Å²) in [6.07, 6.45) is 6.53. The van der Waals surface area contributed by atoms with E-state index in [-0.39, 0.29) is 0 Å². The smallest absolute Gasteiger partial charge is 0.120 e. The molecular weight excluding hydrogens is 290 g/mol. The highest BCUT2D eigenvalue weighted by Gasteiger charge is 2.22. The molecule has 3 heteroatoms. The summed E-state index contributed by atoms with van der Waals surface area (Å²) in [6.45, 7) is 2.02. The van der Waals surface area contributed by atoms with Gasteiger partial charge < -0.3 is 10.1 Å². The molecule has 0 bridgehead atoms. The Morgan fingerprint density at radius 3 is 2.78 bits per heavy atom. The lowest BCUT2D eigenvalue weighted by molar-refractivity contribution is 0.298. The summed E-state index contributed by atoms with van der Waals surface area (Å²) in [7, 11) is 0. The van der Waals surface area contributed by atoms with Crippen LogP contribution in [0.2, 0.25) is 0 Å². The standard InChI is InChI=1S/C15H20BrNO/c16-13-7-12(15-3-1-2-6-17-15)8-14(9-13)18-10-11-4-5-11/h7-9,11,15,17H,1-6,10H2. The molecule has 2 nitrogen and oxygen atoms in total. The third-order valence-corrected chi connectivity index (χ3v) is 4.25. The Balaban J connectivity index is 1.71. The molecule has 1 heterocycles. The highest BCUT2D eigenvalue weighted by atomic mass is 79.9. The van der Waals surface area contributed by atoms with Gasteiger partial charge in [-0.15, -0.1) is 0 Å². The maximum Gasteiger partial charge on any atom is 0.120 e. The van der Waals surface area contributed by atoms with E-state index in [4.69, 9.17) is 4.74 Å². The Labute approximate surface area is 117 Å². The van der Waals surface area contributed by atoms with E-state index in [1.807, 2.05) is 0 Å². The number of ether oxygens (including phenoxy) is 1. The van der Waals surface area contributed by atoms with E-state index < -0.39 is 0 Å². The van der Waals surface area contributed by atoms with Crippen LogP contribution in [-0.4, -0.2) is 13.2 Å². The zero-order chi connectivity index (χ0) is 12.4. The van der Waals surface area contributed by atoms with E-state index in [0.717, 1.165) is 29.3 Å². The molecule has 1 N–H and O–H groups in total. The SMILES string of the molecule is Brc1cc(OCC2CC2)cc(C2CCCCN2)c1. The average molecular weight is 310 g/mol.